The van der Waals surface area contributed by atoms with Crippen LogP contribution < -0.4 is 0 Å². The molecule has 0 aromatic heterocycles. The number of ether oxygens (including phenoxy) is 4. The summed E-state index contributed by atoms with van der Waals surface area (Å²) in [6.07, 6.45) is 59.0. The Hall–Kier alpha value is -1.68. The predicted molar refractivity (Wildman–Crippen MR) is 313 cm³/mol. The van der Waals surface area contributed by atoms with Gasteiger partial charge in [0, 0.05) is 13.0 Å². The van der Waals surface area contributed by atoms with E-state index in [4.69, 9.17) is 18.9 Å². The van der Waals surface area contributed by atoms with E-state index in [0.29, 0.717) is 13.0 Å². The lowest BCUT2D eigenvalue weighted by Gasteiger charge is -2.41. The van der Waals surface area contributed by atoms with Crippen molar-refractivity contribution in [3.63, 3.8) is 0 Å². The third kappa shape index (κ3) is 46.1. The molecule has 6 atom stereocenters. The topological polar surface area (TPSA) is 178 Å². The van der Waals surface area contributed by atoms with Gasteiger partial charge in [0.15, 0.2) is 6.29 Å². The zero-order valence-electron chi connectivity index (χ0n) is 48.8. The van der Waals surface area contributed by atoms with Gasteiger partial charge < -0.3 is 34.3 Å². The zero-order valence-corrected chi connectivity index (χ0v) is 49.6. The molecule has 6 unspecified atom stereocenters. The fourth-order valence-corrected chi connectivity index (χ4v) is 10.4. The molecule has 12 nitrogen and oxygen atoms in total. The van der Waals surface area contributed by atoms with Crippen molar-refractivity contribution in [1.29, 1.82) is 0 Å². The first-order chi connectivity index (χ1) is 37.1. The number of esters is 1. The number of hydrogen-bond donors (Lipinski definition) is 4. The summed E-state index contributed by atoms with van der Waals surface area (Å²) in [5.41, 5.74) is 0. The molecule has 13 heteroatoms. The van der Waals surface area contributed by atoms with Crippen LogP contribution in [0.3, 0.4) is 0 Å². The van der Waals surface area contributed by atoms with Crippen molar-refractivity contribution in [1.82, 2.24) is 0 Å². The van der Waals surface area contributed by atoms with Crippen LogP contribution in [-0.4, -0.2) is 97.5 Å². The lowest BCUT2D eigenvalue weighted by atomic mass is 9.99. The maximum absolute atomic E-state index is 13.0. The van der Waals surface area contributed by atoms with Crippen molar-refractivity contribution in [3.8, 4) is 0 Å². The highest BCUT2D eigenvalue weighted by Gasteiger charge is 2.48. The quantitative estimate of drug-likeness (QED) is 0.0196. The molecule has 0 aliphatic carbocycles. The van der Waals surface area contributed by atoms with E-state index in [1.54, 1.807) is 0 Å². The summed E-state index contributed by atoms with van der Waals surface area (Å²) in [5, 5.41) is 30.9. The van der Waals surface area contributed by atoms with Crippen LogP contribution in [0.25, 0.3) is 0 Å². The number of allylic oxidation sites excluding steroid dienone is 6. The molecule has 1 saturated heterocycles. The van der Waals surface area contributed by atoms with Crippen LogP contribution in [0.15, 0.2) is 36.5 Å². The predicted octanol–water partition coefficient (Wildman–Crippen LogP) is 16.4. The lowest BCUT2D eigenvalue weighted by molar-refractivity contribution is -0.301. The third-order valence-electron chi connectivity index (χ3n) is 14.7. The summed E-state index contributed by atoms with van der Waals surface area (Å²) in [5.74, 6) is -0.395. The summed E-state index contributed by atoms with van der Waals surface area (Å²) in [6.45, 7) is 4.04. The van der Waals surface area contributed by atoms with Gasteiger partial charge in [-0.2, -0.15) is 8.42 Å². The summed E-state index contributed by atoms with van der Waals surface area (Å²) < 4.78 is 59.6. The molecule has 0 bridgehead atoms. The fourth-order valence-electron chi connectivity index (χ4n) is 9.94. The molecule has 76 heavy (non-hydrogen) atoms. The second-order valence-corrected chi connectivity index (χ2v) is 23.0. The number of hydrogen-bond acceptors (Lipinski definition) is 11. The molecule has 0 aromatic rings. The maximum atomic E-state index is 13.0. The highest BCUT2D eigenvalue weighted by molar-refractivity contribution is 7.80. The molecule has 4 N–H and O–H groups in total. The van der Waals surface area contributed by atoms with Gasteiger partial charge in [-0.25, -0.2) is 4.18 Å². The summed E-state index contributed by atoms with van der Waals surface area (Å²) in [6, 6.07) is 0. The molecule has 0 saturated carbocycles. The molecule has 0 radical (unpaired) electrons. The van der Waals surface area contributed by atoms with E-state index in [9.17, 15) is 33.1 Å². The molecular weight excluding hydrogens is 981 g/mol. The first kappa shape index (κ1) is 72.3. The largest absolute Gasteiger partial charge is 0.457 e. The van der Waals surface area contributed by atoms with E-state index in [1.165, 1.54) is 225 Å². The summed E-state index contributed by atoms with van der Waals surface area (Å²) in [7, 11) is -5.07. The Morgan fingerprint density at radius 2 is 0.868 bits per heavy atom. The van der Waals surface area contributed by atoms with E-state index < -0.39 is 59.8 Å². The van der Waals surface area contributed by atoms with Crippen molar-refractivity contribution in [2.24, 2.45) is 0 Å². The average molecular weight is 1100 g/mol. The van der Waals surface area contributed by atoms with Crippen LogP contribution in [0.1, 0.15) is 296 Å². The molecule has 448 valence electrons. The minimum atomic E-state index is -5.07. The van der Waals surface area contributed by atoms with Crippen LogP contribution in [0.4, 0.5) is 0 Å². The van der Waals surface area contributed by atoms with Gasteiger partial charge in [0.2, 0.25) is 0 Å². The van der Waals surface area contributed by atoms with E-state index >= 15 is 0 Å². The van der Waals surface area contributed by atoms with E-state index in [2.05, 4.69) is 54.5 Å². The van der Waals surface area contributed by atoms with Crippen LogP contribution in [0.2, 0.25) is 0 Å². The first-order valence-corrected chi connectivity index (χ1v) is 33.1. The number of unbranched alkanes of at least 4 members (excludes halogenated alkanes) is 38. The Morgan fingerprint density at radius 1 is 0.500 bits per heavy atom. The maximum Gasteiger partial charge on any atom is 0.397 e. The number of aliphatic hydroxyl groups is 3. The normalized spacial score (nSPS) is 18.7. The Balaban J connectivity index is 2.25. The van der Waals surface area contributed by atoms with Gasteiger partial charge >= 0.3 is 16.4 Å². The van der Waals surface area contributed by atoms with Crippen molar-refractivity contribution >= 4 is 16.4 Å². The molecule has 0 spiro atoms. The van der Waals surface area contributed by atoms with E-state index in [1.807, 2.05) is 0 Å². The molecule has 1 aliphatic rings. The molecule has 0 aromatic carbocycles. The Kier molecular flexibility index (Phi) is 51.3. The van der Waals surface area contributed by atoms with Crippen LogP contribution in [-0.2, 0) is 38.3 Å². The first-order valence-electron chi connectivity index (χ1n) is 31.7. The number of rotatable bonds is 57. The van der Waals surface area contributed by atoms with Crippen molar-refractivity contribution < 1.29 is 56.2 Å². The molecule has 0 amide bonds. The Labute approximate surface area is 466 Å². The standard InChI is InChI=1S/C63H118O12S/c1-3-5-7-9-11-13-15-17-19-21-23-25-27-29-30-32-34-36-38-40-42-44-46-48-50-52-59(65)73-57(56-72-63-61(67)62(75-76(68,69)70)60(66)58(54-64)74-63)55-71-53-51-49-47-45-43-41-39-37-35-33-31-28-26-24-22-20-18-16-14-12-10-8-6-4-2/h15,17,21-24,57-58,60-64,66-67H,3-14,16,18-20,25-56H2,1-2H3,(H,68,69,70)/b17-15-,23-21-,24-22-. The van der Waals surface area contributed by atoms with Gasteiger partial charge in [0.1, 0.15) is 30.5 Å². The van der Waals surface area contributed by atoms with Gasteiger partial charge in [-0.3, -0.25) is 9.35 Å². The van der Waals surface area contributed by atoms with Crippen molar-refractivity contribution in [3.05, 3.63) is 36.5 Å². The lowest BCUT2D eigenvalue weighted by Crippen LogP contribution is -2.60. The molecule has 1 aliphatic heterocycles. The van der Waals surface area contributed by atoms with Gasteiger partial charge in [-0.05, 0) is 70.6 Å². The summed E-state index contributed by atoms with van der Waals surface area (Å²) >= 11 is 0. The number of carbonyl (C=O) groups excluding carboxylic acids is 1. The van der Waals surface area contributed by atoms with E-state index in [0.717, 1.165) is 44.9 Å². The highest BCUT2D eigenvalue weighted by atomic mass is 32.3. The molecular formula is C63H118O12S. The second kappa shape index (κ2) is 53.9. The van der Waals surface area contributed by atoms with E-state index in [-0.39, 0.29) is 19.6 Å². The SMILES string of the molecule is CCCCCCC/C=C\C/C=C\CCCCCCCCCCCCCCCC(=O)OC(COCCCCCCCCCCCCCC/C=C\CCCCCCCCCC)COC1OC(CO)C(O)C(OS(=O)(=O)O)C1O. The second-order valence-electron chi connectivity index (χ2n) is 22.0. The van der Waals surface area contributed by atoms with Gasteiger partial charge in [-0.15, -0.1) is 0 Å². The van der Waals surface area contributed by atoms with Crippen LogP contribution >= 0.6 is 0 Å². The van der Waals surface area contributed by atoms with Gasteiger partial charge in [-0.1, -0.05) is 256 Å². The Bertz CT molecular complexity index is 1460. The van der Waals surface area contributed by atoms with Crippen molar-refractivity contribution in [2.45, 2.75) is 333 Å². The Morgan fingerprint density at radius 3 is 1.26 bits per heavy atom. The van der Waals surface area contributed by atoms with Gasteiger partial charge in [0.05, 0.1) is 19.8 Å². The monoisotopic (exact) mass is 1100 g/mol. The zero-order chi connectivity index (χ0) is 55.3. The third-order valence-corrected chi connectivity index (χ3v) is 15.2. The average Bonchev–Trinajstić information content (AvgIpc) is 3.40. The van der Waals surface area contributed by atoms with Crippen LogP contribution in [0.5, 0.6) is 0 Å². The fraction of sp³-hybridized carbons (Fsp3) is 0.889. The molecule has 1 heterocycles. The molecule has 1 rings (SSSR count). The smallest absolute Gasteiger partial charge is 0.397 e. The number of carbonyl (C=O) groups is 1. The minimum absolute atomic E-state index is 0.0386. The van der Waals surface area contributed by atoms with Crippen LogP contribution in [0, 0.1) is 0 Å². The highest BCUT2D eigenvalue weighted by Crippen LogP contribution is 2.26. The van der Waals surface area contributed by atoms with Crippen molar-refractivity contribution in [2.75, 3.05) is 26.4 Å². The number of aliphatic hydroxyl groups excluding tert-OH is 3. The van der Waals surface area contributed by atoms with Gasteiger partial charge in [0.25, 0.3) is 0 Å². The summed E-state index contributed by atoms with van der Waals surface area (Å²) in [4.78, 5) is 13.0. The molecule has 1 fully saturated rings. The minimum Gasteiger partial charge on any atom is -0.457 e.